The van der Waals surface area contributed by atoms with Gasteiger partial charge in [0.15, 0.2) is 6.10 Å². The molecule has 0 aromatic carbocycles. The largest absolute Gasteiger partial charge is 0.462 e. The van der Waals surface area contributed by atoms with Gasteiger partial charge in [0, 0.05) is 19.3 Å². The van der Waals surface area contributed by atoms with E-state index in [9.17, 15) is 14.4 Å². The summed E-state index contributed by atoms with van der Waals surface area (Å²) in [6.07, 6.45) is 46.6. The molecule has 0 unspecified atom stereocenters. The van der Waals surface area contributed by atoms with Gasteiger partial charge in [-0.25, -0.2) is 0 Å². The van der Waals surface area contributed by atoms with Crippen LogP contribution in [0.15, 0.2) is 0 Å². The van der Waals surface area contributed by atoms with E-state index in [0.717, 1.165) is 69.6 Å². The van der Waals surface area contributed by atoms with Gasteiger partial charge in [0.05, 0.1) is 0 Å². The van der Waals surface area contributed by atoms with Gasteiger partial charge in [-0.15, -0.1) is 0 Å². The van der Waals surface area contributed by atoms with Crippen LogP contribution in [0.1, 0.15) is 291 Å². The Balaban J connectivity index is 4.28. The Hall–Kier alpha value is -1.59. The van der Waals surface area contributed by atoms with Crippen LogP contribution in [-0.2, 0) is 28.6 Å². The highest BCUT2D eigenvalue weighted by atomic mass is 16.6. The van der Waals surface area contributed by atoms with Gasteiger partial charge < -0.3 is 14.2 Å². The zero-order chi connectivity index (χ0) is 43.3. The monoisotopic (exact) mass is 835 g/mol. The lowest BCUT2D eigenvalue weighted by Crippen LogP contribution is -2.30. The van der Waals surface area contributed by atoms with E-state index < -0.39 is 6.10 Å². The fraction of sp³-hybridized carbons (Fsp3) is 0.943. The molecule has 0 rings (SSSR count). The quantitative estimate of drug-likeness (QED) is 0.0345. The molecule has 59 heavy (non-hydrogen) atoms. The fourth-order valence-electron chi connectivity index (χ4n) is 7.99. The van der Waals surface area contributed by atoms with E-state index in [-0.39, 0.29) is 31.1 Å². The van der Waals surface area contributed by atoms with Crippen LogP contribution in [-0.4, -0.2) is 37.2 Å². The van der Waals surface area contributed by atoms with Crippen molar-refractivity contribution in [2.24, 2.45) is 11.8 Å². The highest BCUT2D eigenvalue weighted by Gasteiger charge is 2.19. The number of carbonyl (C=O) groups is 3. The van der Waals surface area contributed by atoms with Gasteiger partial charge in [0.25, 0.3) is 0 Å². The van der Waals surface area contributed by atoms with Crippen LogP contribution in [0, 0.1) is 11.8 Å². The van der Waals surface area contributed by atoms with Gasteiger partial charge in [-0.2, -0.15) is 0 Å². The van der Waals surface area contributed by atoms with Crippen molar-refractivity contribution in [1.82, 2.24) is 0 Å². The third-order valence-corrected chi connectivity index (χ3v) is 12.0. The topological polar surface area (TPSA) is 78.9 Å². The first kappa shape index (κ1) is 57.4. The molecule has 0 aromatic heterocycles. The van der Waals surface area contributed by atoms with E-state index >= 15 is 0 Å². The van der Waals surface area contributed by atoms with Crippen LogP contribution >= 0.6 is 0 Å². The maximum atomic E-state index is 12.8. The zero-order valence-electron chi connectivity index (χ0n) is 40.4. The Morgan fingerprint density at radius 1 is 0.322 bits per heavy atom. The predicted molar refractivity (Wildman–Crippen MR) is 252 cm³/mol. The molecular formula is C53H102O6. The molecule has 0 spiro atoms. The van der Waals surface area contributed by atoms with E-state index in [1.807, 2.05) is 0 Å². The van der Waals surface area contributed by atoms with Crippen LogP contribution < -0.4 is 0 Å². The van der Waals surface area contributed by atoms with E-state index in [1.54, 1.807) is 0 Å². The fourth-order valence-corrected chi connectivity index (χ4v) is 7.99. The van der Waals surface area contributed by atoms with E-state index in [0.29, 0.717) is 19.3 Å². The second kappa shape index (κ2) is 45.9. The van der Waals surface area contributed by atoms with Crippen molar-refractivity contribution >= 4 is 17.9 Å². The standard InChI is InChI=1S/C53H102O6/c1-6-7-8-9-10-11-12-15-20-23-30-35-40-45-53(56)59-50(47-58-52(55)44-39-34-29-25-24-27-32-37-42-49(4)5)46-57-51(54)43-38-33-28-22-19-17-14-13-16-18-21-26-31-36-41-48(2)3/h48-50H,6-47H2,1-5H3/t50-/m1/s1. The lowest BCUT2D eigenvalue weighted by atomic mass is 10.0. The molecule has 0 aromatic rings. The lowest BCUT2D eigenvalue weighted by molar-refractivity contribution is -0.167. The second-order valence-corrected chi connectivity index (χ2v) is 19.1. The van der Waals surface area contributed by atoms with Gasteiger partial charge in [0.2, 0.25) is 0 Å². The summed E-state index contributed by atoms with van der Waals surface area (Å²) in [7, 11) is 0. The molecule has 0 aliphatic carbocycles. The van der Waals surface area contributed by atoms with Crippen molar-refractivity contribution in [3.63, 3.8) is 0 Å². The van der Waals surface area contributed by atoms with Gasteiger partial charge in [-0.3, -0.25) is 14.4 Å². The van der Waals surface area contributed by atoms with Crippen molar-refractivity contribution in [2.45, 2.75) is 298 Å². The Kier molecular flexibility index (Phi) is 44.7. The van der Waals surface area contributed by atoms with Gasteiger partial charge in [-0.1, -0.05) is 253 Å². The Morgan fingerprint density at radius 2 is 0.559 bits per heavy atom. The van der Waals surface area contributed by atoms with Crippen LogP contribution in [0.3, 0.4) is 0 Å². The summed E-state index contributed by atoms with van der Waals surface area (Å²) in [4.78, 5) is 37.9. The minimum Gasteiger partial charge on any atom is -0.462 e. The number of carbonyl (C=O) groups excluding carboxylic acids is 3. The van der Waals surface area contributed by atoms with E-state index in [4.69, 9.17) is 14.2 Å². The molecular weight excluding hydrogens is 733 g/mol. The molecule has 0 saturated heterocycles. The molecule has 350 valence electrons. The summed E-state index contributed by atoms with van der Waals surface area (Å²) in [6, 6.07) is 0. The molecule has 6 nitrogen and oxygen atoms in total. The second-order valence-electron chi connectivity index (χ2n) is 19.1. The minimum atomic E-state index is -0.761. The number of esters is 3. The van der Waals surface area contributed by atoms with Crippen LogP contribution in [0.25, 0.3) is 0 Å². The molecule has 0 N–H and O–H groups in total. The SMILES string of the molecule is CCCCCCCCCCCCCCCC(=O)O[C@H](COC(=O)CCCCCCCCCCCCCCCCC(C)C)COC(=O)CCCCCCCCCCC(C)C. The molecule has 0 aliphatic rings. The van der Waals surface area contributed by atoms with E-state index in [1.165, 1.54) is 180 Å². The summed E-state index contributed by atoms with van der Waals surface area (Å²) in [5.41, 5.74) is 0. The van der Waals surface area contributed by atoms with Crippen molar-refractivity contribution in [3.05, 3.63) is 0 Å². The summed E-state index contributed by atoms with van der Waals surface area (Å²) in [6.45, 7) is 11.4. The number of ether oxygens (including phenoxy) is 3. The first-order chi connectivity index (χ1) is 28.7. The van der Waals surface area contributed by atoms with Crippen LogP contribution in [0.4, 0.5) is 0 Å². The highest BCUT2D eigenvalue weighted by Crippen LogP contribution is 2.17. The molecule has 6 heteroatoms. The third-order valence-electron chi connectivity index (χ3n) is 12.0. The van der Waals surface area contributed by atoms with Crippen LogP contribution in [0.2, 0.25) is 0 Å². The van der Waals surface area contributed by atoms with Gasteiger partial charge >= 0.3 is 17.9 Å². The molecule has 0 aliphatic heterocycles. The first-order valence-corrected chi connectivity index (χ1v) is 26.2. The predicted octanol–water partition coefficient (Wildman–Crippen LogP) is 16.9. The van der Waals surface area contributed by atoms with Gasteiger partial charge in [0.1, 0.15) is 13.2 Å². The average Bonchev–Trinajstić information content (AvgIpc) is 3.20. The van der Waals surface area contributed by atoms with Crippen molar-refractivity contribution in [3.8, 4) is 0 Å². The maximum absolute atomic E-state index is 12.8. The summed E-state index contributed by atoms with van der Waals surface area (Å²) in [5, 5.41) is 0. The molecule has 0 bridgehead atoms. The minimum absolute atomic E-state index is 0.0637. The number of hydrogen-bond acceptors (Lipinski definition) is 6. The smallest absolute Gasteiger partial charge is 0.306 e. The molecule has 0 saturated carbocycles. The lowest BCUT2D eigenvalue weighted by Gasteiger charge is -2.18. The molecule has 1 atom stereocenters. The summed E-state index contributed by atoms with van der Waals surface area (Å²) < 4.78 is 16.8. The molecule has 0 fully saturated rings. The zero-order valence-corrected chi connectivity index (χ0v) is 40.4. The number of unbranched alkanes of at least 4 members (excludes halogenated alkanes) is 32. The maximum Gasteiger partial charge on any atom is 0.306 e. The third kappa shape index (κ3) is 47.3. The van der Waals surface area contributed by atoms with Gasteiger partial charge in [-0.05, 0) is 31.1 Å². The van der Waals surface area contributed by atoms with Crippen molar-refractivity contribution < 1.29 is 28.6 Å². The number of rotatable bonds is 47. The van der Waals surface area contributed by atoms with Crippen LogP contribution in [0.5, 0.6) is 0 Å². The Labute approximate surface area is 368 Å². The molecule has 0 amide bonds. The summed E-state index contributed by atoms with van der Waals surface area (Å²) in [5.74, 6) is 0.793. The Morgan fingerprint density at radius 3 is 0.831 bits per heavy atom. The Bertz CT molecular complexity index is 900. The average molecular weight is 835 g/mol. The normalized spacial score (nSPS) is 12.1. The van der Waals surface area contributed by atoms with E-state index in [2.05, 4.69) is 34.6 Å². The first-order valence-electron chi connectivity index (χ1n) is 26.2. The summed E-state index contributed by atoms with van der Waals surface area (Å²) >= 11 is 0. The molecule has 0 heterocycles. The van der Waals surface area contributed by atoms with Crippen molar-refractivity contribution in [2.75, 3.05) is 13.2 Å². The number of hydrogen-bond donors (Lipinski definition) is 0. The molecule has 0 radical (unpaired) electrons. The highest BCUT2D eigenvalue weighted by molar-refractivity contribution is 5.71. The van der Waals surface area contributed by atoms with Crippen molar-refractivity contribution in [1.29, 1.82) is 0 Å².